The molecule has 39 heavy (non-hydrogen) atoms. The molecular formula is C31H45N4O4+. The second-order valence-corrected chi connectivity index (χ2v) is 12.9. The molecule has 1 aromatic carbocycles. The number of fused-ring (bicyclic) bond motifs is 3. The van der Waals surface area contributed by atoms with Gasteiger partial charge in [-0.3, -0.25) is 9.59 Å². The van der Waals surface area contributed by atoms with E-state index in [9.17, 15) is 19.5 Å². The van der Waals surface area contributed by atoms with Crippen molar-refractivity contribution in [1.82, 2.24) is 14.8 Å². The quantitative estimate of drug-likeness (QED) is 0.413. The summed E-state index contributed by atoms with van der Waals surface area (Å²) in [6.45, 7) is 15.4. The molecular weight excluding hydrogens is 492 g/mol. The topological polar surface area (TPSA) is 94.7 Å². The van der Waals surface area contributed by atoms with E-state index in [0.29, 0.717) is 0 Å². The van der Waals surface area contributed by atoms with Gasteiger partial charge in [0.25, 0.3) is 5.91 Å². The van der Waals surface area contributed by atoms with E-state index in [0.717, 1.165) is 22.2 Å². The van der Waals surface area contributed by atoms with Crippen LogP contribution in [0.5, 0.6) is 0 Å². The highest BCUT2D eigenvalue weighted by atomic mass is 16.4. The molecule has 0 unspecified atom stereocenters. The first-order valence-electron chi connectivity index (χ1n) is 13.5. The minimum absolute atomic E-state index is 0.0210. The number of hydrogen-bond acceptors (Lipinski definition) is 3. The molecule has 8 nitrogen and oxygen atoms in total. The molecule has 212 valence electrons. The minimum Gasteiger partial charge on any atom is -0.478 e. The number of aryl methyl sites for hydroxylation is 1. The van der Waals surface area contributed by atoms with E-state index in [1.54, 1.807) is 18.0 Å². The molecule has 1 aliphatic rings. The summed E-state index contributed by atoms with van der Waals surface area (Å²) in [7, 11) is 5.62. The predicted octanol–water partition coefficient (Wildman–Crippen LogP) is 3.94. The Kier molecular flexibility index (Phi) is 8.21. The van der Waals surface area contributed by atoms with Gasteiger partial charge in [0, 0.05) is 36.1 Å². The van der Waals surface area contributed by atoms with Gasteiger partial charge in [-0.1, -0.05) is 58.9 Å². The second-order valence-electron chi connectivity index (χ2n) is 12.9. The van der Waals surface area contributed by atoms with Gasteiger partial charge in [-0.05, 0) is 38.2 Å². The third kappa shape index (κ3) is 5.52. The Balaban J connectivity index is 2.00. The van der Waals surface area contributed by atoms with Crippen LogP contribution >= 0.6 is 0 Å². The Hall–Kier alpha value is -3.42. The number of likely N-dealkylation sites (N-methyl/N-ethyl adjacent to an activating group) is 2. The summed E-state index contributed by atoms with van der Waals surface area (Å²) < 4.78 is 4.10. The van der Waals surface area contributed by atoms with E-state index >= 15 is 0 Å². The standard InChI is InChI=1S/C31H44N4O4/c1-18(2)22(16-19(3)29(38)39)35(11)28(37)25(30(4,5)6)32-27(36)26-31(7,8)24-20-14-12-13-15-21(20)34(10)23(24)17-33(26)9/h12-18,22,25-26H,1-11H3,(H-,32,36,38,39)/p+1/b19-16+/t22-,25-,26-/m1/s1. The van der Waals surface area contributed by atoms with E-state index in [4.69, 9.17) is 0 Å². The molecule has 3 atom stereocenters. The number of hydrogen-bond donors (Lipinski definition) is 2. The molecule has 3 rings (SSSR count). The average molecular weight is 538 g/mol. The number of aromatic nitrogens is 1. The fraction of sp³-hybridized carbons (Fsp3) is 0.548. The molecule has 2 N–H and O–H groups in total. The van der Waals surface area contributed by atoms with Crippen molar-refractivity contribution in [3.05, 3.63) is 47.2 Å². The maximum Gasteiger partial charge on any atom is 0.331 e. The molecule has 0 aliphatic carbocycles. The van der Waals surface area contributed by atoms with Crippen LogP contribution in [0.15, 0.2) is 35.9 Å². The Morgan fingerprint density at radius 3 is 2.31 bits per heavy atom. The fourth-order valence-corrected chi connectivity index (χ4v) is 5.97. The minimum atomic E-state index is -1.02. The van der Waals surface area contributed by atoms with Crippen molar-refractivity contribution in [2.24, 2.45) is 18.4 Å². The molecule has 0 bridgehead atoms. The van der Waals surface area contributed by atoms with Gasteiger partial charge in [0.15, 0.2) is 6.21 Å². The van der Waals surface area contributed by atoms with Crippen molar-refractivity contribution in [3.63, 3.8) is 0 Å². The van der Waals surface area contributed by atoms with Crippen LogP contribution < -0.4 is 5.32 Å². The van der Waals surface area contributed by atoms with Gasteiger partial charge in [0.2, 0.25) is 11.9 Å². The molecule has 2 heterocycles. The van der Waals surface area contributed by atoms with Crippen LogP contribution in [-0.2, 0) is 26.8 Å². The first-order chi connectivity index (χ1) is 17.9. The van der Waals surface area contributed by atoms with Crippen LogP contribution in [0.3, 0.4) is 0 Å². The maximum absolute atomic E-state index is 14.1. The molecule has 0 radical (unpaired) electrons. The van der Waals surface area contributed by atoms with Gasteiger partial charge in [-0.25, -0.2) is 9.37 Å². The van der Waals surface area contributed by atoms with Crippen molar-refractivity contribution >= 4 is 34.9 Å². The van der Waals surface area contributed by atoms with Crippen LogP contribution in [0, 0.1) is 11.3 Å². The van der Waals surface area contributed by atoms with Gasteiger partial charge >= 0.3 is 5.97 Å². The fourth-order valence-electron chi connectivity index (χ4n) is 5.97. The second kappa shape index (κ2) is 10.6. The lowest BCUT2D eigenvalue weighted by Gasteiger charge is -2.39. The van der Waals surface area contributed by atoms with Crippen LogP contribution in [0.25, 0.3) is 10.9 Å². The number of carboxylic acid groups (broad SMARTS) is 1. The van der Waals surface area contributed by atoms with Gasteiger partial charge in [0.1, 0.15) is 18.8 Å². The summed E-state index contributed by atoms with van der Waals surface area (Å²) in [5, 5.41) is 13.6. The highest BCUT2D eigenvalue weighted by molar-refractivity contribution is 5.98. The molecule has 0 saturated heterocycles. The van der Waals surface area contributed by atoms with Crippen LogP contribution in [0.1, 0.15) is 66.6 Å². The van der Waals surface area contributed by atoms with E-state index < -0.39 is 34.9 Å². The van der Waals surface area contributed by atoms with Gasteiger partial charge in [-0.15, -0.1) is 0 Å². The number of amides is 2. The summed E-state index contributed by atoms with van der Waals surface area (Å²) in [5.41, 5.74) is 2.33. The zero-order chi connectivity index (χ0) is 29.6. The number of benzene rings is 1. The SMILES string of the molecule is C/C(=C\[C@H](C(C)C)N(C)C(=O)[C@@H](NC(=O)[C@H]1[N+](C)=Cc2c(c3ccccc3n2C)C1(C)C)C(C)(C)C)C(=O)O. The van der Waals surface area contributed by atoms with E-state index in [2.05, 4.69) is 35.9 Å². The lowest BCUT2D eigenvalue weighted by atomic mass is 9.73. The van der Waals surface area contributed by atoms with Gasteiger partial charge < -0.3 is 19.9 Å². The Morgan fingerprint density at radius 1 is 1.18 bits per heavy atom. The van der Waals surface area contributed by atoms with Crippen molar-refractivity contribution in [2.45, 2.75) is 78.9 Å². The number of carbonyl (C=O) groups excluding carboxylic acids is 2. The lowest BCUT2D eigenvalue weighted by Crippen LogP contribution is -2.61. The molecule has 2 aromatic rings. The zero-order valence-electron chi connectivity index (χ0n) is 25.3. The smallest absolute Gasteiger partial charge is 0.331 e. The monoisotopic (exact) mass is 537 g/mol. The average Bonchev–Trinajstić information content (AvgIpc) is 3.11. The summed E-state index contributed by atoms with van der Waals surface area (Å²) >= 11 is 0. The third-order valence-corrected chi connectivity index (χ3v) is 8.10. The Bertz CT molecular complexity index is 1360. The van der Waals surface area contributed by atoms with E-state index in [1.807, 2.05) is 71.6 Å². The van der Waals surface area contributed by atoms with Crippen molar-refractivity contribution in [1.29, 1.82) is 0 Å². The number of para-hydroxylation sites is 1. The van der Waals surface area contributed by atoms with Crippen molar-refractivity contribution in [2.75, 3.05) is 14.1 Å². The Morgan fingerprint density at radius 2 is 1.77 bits per heavy atom. The molecule has 1 aromatic heterocycles. The van der Waals surface area contributed by atoms with Gasteiger partial charge in [0.05, 0.1) is 11.5 Å². The van der Waals surface area contributed by atoms with Crippen LogP contribution in [0.2, 0.25) is 0 Å². The number of nitrogens with zero attached hydrogens (tertiary/aromatic N) is 3. The first kappa shape index (κ1) is 30.1. The number of rotatable bonds is 7. The molecule has 0 saturated carbocycles. The molecule has 0 fully saturated rings. The largest absolute Gasteiger partial charge is 0.478 e. The summed E-state index contributed by atoms with van der Waals surface area (Å²) in [5.74, 6) is -1.52. The highest BCUT2D eigenvalue weighted by Gasteiger charge is 2.51. The maximum atomic E-state index is 14.1. The molecule has 8 heteroatoms. The summed E-state index contributed by atoms with van der Waals surface area (Å²) in [6, 6.07) is 6.42. The molecule has 0 spiro atoms. The highest BCUT2D eigenvalue weighted by Crippen LogP contribution is 2.40. The summed E-state index contributed by atoms with van der Waals surface area (Å²) in [4.78, 5) is 41.1. The van der Waals surface area contributed by atoms with Crippen molar-refractivity contribution < 1.29 is 24.1 Å². The van der Waals surface area contributed by atoms with E-state index in [-0.39, 0.29) is 23.3 Å². The normalized spacial score (nSPS) is 18.8. The van der Waals surface area contributed by atoms with Gasteiger partial charge in [-0.2, -0.15) is 0 Å². The predicted molar refractivity (Wildman–Crippen MR) is 155 cm³/mol. The summed E-state index contributed by atoms with van der Waals surface area (Å²) in [6.07, 6.45) is 3.63. The Labute approximate surface area is 232 Å². The van der Waals surface area contributed by atoms with Crippen LogP contribution in [0.4, 0.5) is 0 Å². The molecule has 1 aliphatic heterocycles. The first-order valence-corrected chi connectivity index (χ1v) is 13.5. The van der Waals surface area contributed by atoms with E-state index in [1.165, 1.54) is 6.92 Å². The lowest BCUT2D eigenvalue weighted by molar-refractivity contribution is -0.531. The number of carbonyl (C=O) groups is 3. The van der Waals surface area contributed by atoms with Crippen LogP contribution in [-0.4, -0.2) is 75.4 Å². The number of nitrogens with one attached hydrogen (secondary N) is 1. The third-order valence-electron chi connectivity index (χ3n) is 8.10. The zero-order valence-corrected chi connectivity index (χ0v) is 25.3. The number of aliphatic carboxylic acids is 1. The molecule has 2 amide bonds. The number of carboxylic acids is 1. The van der Waals surface area contributed by atoms with Crippen molar-refractivity contribution in [3.8, 4) is 0 Å².